The number of rotatable bonds is 3. The van der Waals surface area contributed by atoms with E-state index in [1.807, 2.05) is 13.0 Å². The van der Waals surface area contributed by atoms with E-state index in [9.17, 15) is 5.11 Å². The van der Waals surface area contributed by atoms with Gasteiger partial charge in [-0.15, -0.1) is 0 Å². The van der Waals surface area contributed by atoms with Gasteiger partial charge in [-0.05, 0) is 36.8 Å². The van der Waals surface area contributed by atoms with E-state index >= 15 is 0 Å². The fourth-order valence-electron chi connectivity index (χ4n) is 1.65. The van der Waals surface area contributed by atoms with Crippen molar-refractivity contribution in [2.75, 3.05) is 0 Å². The summed E-state index contributed by atoms with van der Waals surface area (Å²) in [5.74, 6) is 1.07. The molecule has 0 radical (unpaired) electrons. The summed E-state index contributed by atoms with van der Waals surface area (Å²) in [6.07, 6.45) is 0. The lowest BCUT2D eigenvalue weighted by atomic mass is 10.1. The van der Waals surface area contributed by atoms with Crippen LogP contribution in [0.15, 0.2) is 36.4 Å². The minimum absolute atomic E-state index is 0.135. The fraction of sp³-hybridized carbons (Fsp3) is 0.133. The Morgan fingerprint density at radius 3 is 2.68 bits per heavy atom. The molecule has 0 aliphatic carbocycles. The number of ether oxygens (including phenoxy) is 1. The van der Waals surface area contributed by atoms with Gasteiger partial charge in [-0.1, -0.05) is 23.7 Å². The molecule has 0 saturated heterocycles. The molecule has 0 saturated carbocycles. The van der Waals surface area contributed by atoms with Crippen molar-refractivity contribution in [2.24, 2.45) is 0 Å². The summed E-state index contributed by atoms with van der Waals surface area (Å²) in [6, 6.07) is 12.3. The number of nitriles is 1. The highest BCUT2D eigenvalue weighted by Gasteiger charge is 2.08. The zero-order valence-electron chi connectivity index (χ0n) is 10.4. The maximum atomic E-state index is 9.28. The van der Waals surface area contributed by atoms with Crippen molar-refractivity contribution < 1.29 is 9.84 Å². The van der Waals surface area contributed by atoms with E-state index in [2.05, 4.69) is 6.07 Å². The SMILES string of the molecule is Cc1ccc(C#N)cc1Oc1cc(Cl)ccc1CO. The number of aliphatic hydroxyl groups excluding tert-OH is 1. The average molecular weight is 274 g/mol. The molecule has 0 amide bonds. The summed E-state index contributed by atoms with van der Waals surface area (Å²) >= 11 is 5.92. The Hall–Kier alpha value is -2.02. The molecule has 0 fully saturated rings. The van der Waals surface area contributed by atoms with Gasteiger partial charge in [-0.3, -0.25) is 0 Å². The number of hydrogen-bond donors (Lipinski definition) is 1. The Labute approximate surface area is 116 Å². The highest BCUT2D eigenvalue weighted by atomic mass is 35.5. The standard InChI is InChI=1S/C15H12ClNO2/c1-10-2-3-11(8-17)6-14(10)19-15-7-13(16)5-4-12(15)9-18/h2-7,18H,9H2,1H3. The maximum absolute atomic E-state index is 9.28. The Morgan fingerprint density at radius 1 is 1.21 bits per heavy atom. The number of aliphatic hydroxyl groups is 1. The van der Waals surface area contributed by atoms with Gasteiger partial charge in [0.2, 0.25) is 0 Å². The zero-order chi connectivity index (χ0) is 13.8. The second-order valence-corrected chi connectivity index (χ2v) is 4.54. The minimum Gasteiger partial charge on any atom is -0.457 e. The van der Waals surface area contributed by atoms with E-state index in [4.69, 9.17) is 21.6 Å². The van der Waals surface area contributed by atoms with Gasteiger partial charge < -0.3 is 9.84 Å². The molecule has 0 aliphatic rings. The van der Waals surface area contributed by atoms with E-state index in [0.717, 1.165) is 5.56 Å². The van der Waals surface area contributed by atoms with Gasteiger partial charge in [0.1, 0.15) is 11.5 Å². The van der Waals surface area contributed by atoms with Crippen LogP contribution in [0.3, 0.4) is 0 Å². The predicted molar refractivity (Wildman–Crippen MR) is 73.3 cm³/mol. The third-order valence-corrected chi connectivity index (χ3v) is 2.97. The molecule has 0 unspecified atom stereocenters. The first-order valence-electron chi connectivity index (χ1n) is 5.72. The van der Waals surface area contributed by atoms with Crippen molar-refractivity contribution in [1.29, 1.82) is 5.26 Å². The van der Waals surface area contributed by atoms with Crippen molar-refractivity contribution in [3.8, 4) is 17.6 Å². The molecular weight excluding hydrogens is 262 g/mol. The van der Waals surface area contributed by atoms with Crippen LogP contribution in [0.5, 0.6) is 11.5 Å². The summed E-state index contributed by atoms with van der Waals surface area (Å²) in [5, 5.41) is 18.7. The highest BCUT2D eigenvalue weighted by Crippen LogP contribution is 2.30. The lowest BCUT2D eigenvalue weighted by Crippen LogP contribution is -1.94. The quantitative estimate of drug-likeness (QED) is 0.925. The second-order valence-electron chi connectivity index (χ2n) is 4.10. The van der Waals surface area contributed by atoms with Gasteiger partial charge >= 0.3 is 0 Å². The van der Waals surface area contributed by atoms with Crippen molar-refractivity contribution in [3.63, 3.8) is 0 Å². The molecule has 0 bridgehead atoms. The number of aryl methyl sites for hydroxylation is 1. The summed E-state index contributed by atoms with van der Waals surface area (Å²) in [4.78, 5) is 0. The summed E-state index contributed by atoms with van der Waals surface area (Å²) in [6.45, 7) is 1.75. The molecule has 96 valence electrons. The van der Waals surface area contributed by atoms with E-state index in [1.165, 1.54) is 0 Å². The number of nitrogens with zero attached hydrogens (tertiary/aromatic N) is 1. The lowest BCUT2D eigenvalue weighted by molar-refractivity contribution is 0.276. The predicted octanol–water partition coefficient (Wildman–Crippen LogP) is 3.80. The van der Waals surface area contributed by atoms with Crippen molar-refractivity contribution in [1.82, 2.24) is 0 Å². The van der Waals surface area contributed by atoms with Crippen molar-refractivity contribution in [2.45, 2.75) is 13.5 Å². The van der Waals surface area contributed by atoms with Crippen molar-refractivity contribution >= 4 is 11.6 Å². The molecule has 0 spiro atoms. The second kappa shape index (κ2) is 5.75. The smallest absolute Gasteiger partial charge is 0.134 e. The molecule has 0 heterocycles. The van der Waals surface area contributed by atoms with Gasteiger partial charge in [-0.25, -0.2) is 0 Å². The molecule has 3 nitrogen and oxygen atoms in total. The van der Waals surface area contributed by atoms with Gasteiger partial charge in [0, 0.05) is 10.6 Å². The van der Waals surface area contributed by atoms with E-state index in [0.29, 0.717) is 27.6 Å². The third kappa shape index (κ3) is 3.05. The topological polar surface area (TPSA) is 53.2 Å². The Bertz CT molecular complexity index is 647. The normalized spacial score (nSPS) is 10.0. The van der Waals surface area contributed by atoms with Crippen LogP contribution in [0.25, 0.3) is 0 Å². The fourth-order valence-corrected chi connectivity index (χ4v) is 1.81. The molecule has 2 aromatic carbocycles. The average Bonchev–Trinajstić information content (AvgIpc) is 2.41. The lowest BCUT2D eigenvalue weighted by Gasteiger charge is -2.12. The van der Waals surface area contributed by atoms with Crippen LogP contribution in [-0.2, 0) is 6.61 Å². The minimum atomic E-state index is -0.135. The first kappa shape index (κ1) is 13.4. The molecular formula is C15H12ClNO2. The Kier molecular flexibility index (Phi) is 4.06. The van der Waals surface area contributed by atoms with Crippen LogP contribution in [0, 0.1) is 18.3 Å². The molecule has 2 aromatic rings. The largest absolute Gasteiger partial charge is 0.457 e. The van der Waals surface area contributed by atoms with E-state index in [-0.39, 0.29) is 6.61 Å². The van der Waals surface area contributed by atoms with Crippen LogP contribution in [0.1, 0.15) is 16.7 Å². The van der Waals surface area contributed by atoms with Crippen molar-refractivity contribution in [3.05, 3.63) is 58.1 Å². The number of benzene rings is 2. The third-order valence-electron chi connectivity index (χ3n) is 2.74. The van der Waals surface area contributed by atoms with Gasteiger partial charge in [0.05, 0.1) is 18.2 Å². The molecule has 0 atom stereocenters. The molecule has 4 heteroatoms. The highest BCUT2D eigenvalue weighted by molar-refractivity contribution is 6.30. The van der Waals surface area contributed by atoms with Gasteiger partial charge in [-0.2, -0.15) is 5.26 Å². The van der Waals surface area contributed by atoms with Gasteiger partial charge in [0.25, 0.3) is 0 Å². The van der Waals surface area contributed by atoms with Crippen LogP contribution in [0.2, 0.25) is 5.02 Å². The Balaban J connectivity index is 2.41. The number of halogens is 1. The molecule has 2 rings (SSSR count). The molecule has 19 heavy (non-hydrogen) atoms. The zero-order valence-corrected chi connectivity index (χ0v) is 11.1. The van der Waals surface area contributed by atoms with Crippen LogP contribution in [0.4, 0.5) is 0 Å². The van der Waals surface area contributed by atoms with E-state index in [1.54, 1.807) is 30.3 Å². The van der Waals surface area contributed by atoms with Crippen LogP contribution < -0.4 is 4.74 Å². The van der Waals surface area contributed by atoms with Gasteiger partial charge in [0.15, 0.2) is 0 Å². The molecule has 0 aromatic heterocycles. The maximum Gasteiger partial charge on any atom is 0.134 e. The van der Waals surface area contributed by atoms with E-state index < -0.39 is 0 Å². The van der Waals surface area contributed by atoms with Crippen LogP contribution >= 0.6 is 11.6 Å². The molecule has 0 aliphatic heterocycles. The molecule has 1 N–H and O–H groups in total. The first-order chi connectivity index (χ1) is 9.13. The number of hydrogen-bond acceptors (Lipinski definition) is 3. The summed E-state index contributed by atoms with van der Waals surface area (Å²) in [5.41, 5.74) is 2.07. The Morgan fingerprint density at radius 2 is 2.00 bits per heavy atom. The first-order valence-corrected chi connectivity index (χ1v) is 6.09. The van der Waals surface area contributed by atoms with Crippen LogP contribution in [-0.4, -0.2) is 5.11 Å². The summed E-state index contributed by atoms with van der Waals surface area (Å²) in [7, 11) is 0. The summed E-state index contributed by atoms with van der Waals surface area (Å²) < 4.78 is 5.76. The monoisotopic (exact) mass is 273 g/mol.